The van der Waals surface area contributed by atoms with E-state index in [1.54, 1.807) is 0 Å². The van der Waals surface area contributed by atoms with Crippen molar-refractivity contribution in [1.82, 2.24) is 0 Å². The number of hydrogen-bond acceptors (Lipinski definition) is 0. The first kappa shape index (κ1) is 194. The van der Waals surface area contributed by atoms with Gasteiger partial charge in [-0.1, -0.05) is 0 Å². The van der Waals surface area contributed by atoms with Gasteiger partial charge in [-0.2, -0.15) is 0 Å². The Morgan fingerprint density at radius 2 is 0.600 bits per heavy atom. The van der Waals surface area contributed by atoms with Crippen LogP contribution in [0.5, 0.6) is 0 Å². The summed E-state index contributed by atoms with van der Waals surface area (Å²) in [5.74, 6) is 0. The topological polar surface area (TPSA) is 126 Å². The Bertz CT molecular complexity index is 7.51. The van der Waals surface area contributed by atoms with Crippen molar-refractivity contribution in [2.45, 2.75) is 0 Å². The molecule has 0 aromatic heterocycles. The van der Waals surface area contributed by atoms with E-state index in [9.17, 15) is 0 Å². The van der Waals surface area contributed by atoms with Crippen LogP contribution in [0.25, 0.3) is 0 Å². The normalized spacial score (nSPS) is 0. The maximum absolute atomic E-state index is 0. The molecule has 0 aromatic carbocycles. The van der Waals surface area contributed by atoms with E-state index in [4.69, 9.17) is 0 Å². The zero-order chi connectivity index (χ0) is 0. The first-order valence-electron chi connectivity index (χ1n) is 0. The van der Waals surface area contributed by atoms with E-state index >= 15 is 0 Å². The summed E-state index contributed by atoms with van der Waals surface area (Å²) in [6.45, 7) is 0. The third kappa shape index (κ3) is 55.3. The van der Waals surface area contributed by atoms with Crippen LogP contribution in [0, 0.1) is 0 Å². The fourth-order valence-corrected chi connectivity index (χ4v) is 0. The molecule has 0 saturated carbocycles. The van der Waals surface area contributed by atoms with Gasteiger partial charge in [-0.3, -0.25) is 0 Å². The van der Waals surface area contributed by atoms with Gasteiger partial charge in [0.2, 0.25) is 0 Å². The van der Waals surface area contributed by atoms with E-state index < -0.39 is 0 Å². The molecular formula is H9NaO4. The summed E-state index contributed by atoms with van der Waals surface area (Å²) >= 11 is 0. The molecule has 0 heterocycles. The van der Waals surface area contributed by atoms with Gasteiger partial charge in [0.25, 0.3) is 0 Å². The van der Waals surface area contributed by atoms with Gasteiger partial charge in [-0.15, -0.1) is 0 Å². The Balaban J connectivity index is 0. The Morgan fingerprint density at radius 1 is 0.600 bits per heavy atom. The third-order valence-electron chi connectivity index (χ3n) is 0. The summed E-state index contributed by atoms with van der Waals surface area (Å²) in [6, 6.07) is 0. The SMILES string of the molecule is O.O.O.O.[H-].[Na+]. The van der Waals surface area contributed by atoms with Gasteiger partial charge < -0.3 is 23.3 Å². The maximum Gasteiger partial charge on any atom is 1.00 e. The molecule has 5 heavy (non-hydrogen) atoms. The van der Waals surface area contributed by atoms with Crippen LogP contribution < -0.4 is 29.6 Å². The summed E-state index contributed by atoms with van der Waals surface area (Å²) in [4.78, 5) is 0. The summed E-state index contributed by atoms with van der Waals surface area (Å²) in [6.07, 6.45) is 0. The van der Waals surface area contributed by atoms with Crippen molar-refractivity contribution >= 4 is 0 Å². The zero-order valence-electron chi connectivity index (χ0n) is 4.00. The molecular weight excluding hydrogens is 87.0 g/mol. The van der Waals surface area contributed by atoms with Gasteiger partial charge in [-0.25, -0.2) is 0 Å². The van der Waals surface area contributed by atoms with Crippen LogP contribution in [0.3, 0.4) is 0 Å². The van der Waals surface area contributed by atoms with Crippen LogP contribution >= 0.6 is 0 Å². The smallest absolute Gasteiger partial charge is 1.00 e. The first-order valence-corrected chi connectivity index (χ1v) is 0. The van der Waals surface area contributed by atoms with E-state index in [1.807, 2.05) is 0 Å². The van der Waals surface area contributed by atoms with Crippen LogP contribution in [0.1, 0.15) is 1.43 Å². The molecule has 8 N–H and O–H groups in total. The molecule has 0 rings (SSSR count). The van der Waals surface area contributed by atoms with Crippen molar-refractivity contribution in [2.24, 2.45) is 0 Å². The zero-order valence-corrected chi connectivity index (χ0v) is 5.00. The van der Waals surface area contributed by atoms with Crippen molar-refractivity contribution in [2.75, 3.05) is 0 Å². The molecule has 34 valence electrons. The summed E-state index contributed by atoms with van der Waals surface area (Å²) < 4.78 is 0. The van der Waals surface area contributed by atoms with Gasteiger partial charge in [0, 0.05) is 0 Å². The molecule has 0 spiro atoms. The Labute approximate surface area is 53.2 Å². The van der Waals surface area contributed by atoms with Crippen molar-refractivity contribution in [3.63, 3.8) is 0 Å². The van der Waals surface area contributed by atoms with Crippen LogP contribution in [0.15, 0.2) is 0 Å². The molecule has 0 aliphatic heterocycles. The molecule has 0 aromatic rings. The predicted molar refractivity (Wildman–Crippen MR) is 15.6 cm³/mol. The fraction of sp³-hybridized carbons (Fsp3) is 0. The molecule has 0 unspecified atom stereocenters. The Morgan fingerprint density at radius 3 is 0.600 bits per heavy atom. The van der Waals surface area contributed by atoms with Crippen LogP contribution in [0.4, 0.5) is 0 Å². The minimum absolute atomic E-state index is 0. The summed E-state index contributed by atoms with van der Waals surface area (Å²) in [7, 11) is 0. The maximum atomic E-state index is 0. The average molecular weight is 96.1 g/mol. The quantitative estimate of drug-likeness (QED) is 0.266. The van der Waals surface area contributed by atoms with Crippen molar-refractivity contribution in [3.05, 3.63) is 0 Å². The predicted octanol–water partition coefficient (Wildman–Crippen LogP) is -6.18. The number of hydrogen-bond donors (Lipinski definition) is 0. The van der Waals surface area contributed by atoms with Crippen molar-refractivity contribution in [3.8, 4) is 0 Å². The van der Waals surface area contributed by atoms with E-state index in [0.717, 1.165) is 0 Å². The van der Waals surface area contributed by atoms with Crippen LogP contribution in [0.2, 0.25) is 0 Å². The summed E-state index contributed by atoms with van der Waals surface area (Å²) in [5, 5.41) is 0. The minimum Gasteiger partial charge on any atom is -1.00 e. The second-order valence-electron chi connectivity index (χ2n) is 0. The van der Waals surface area contributed by atoms with E-state index in [-0.39, 0.29) is 52.9 Å². The van der Waals surface area contributed by atoms with Gasteiger partial charge >= 0.3 is 29.6 Å². The molecule has 0 radical (unpaired) electrons. The van der Waals surface area contributed by atoms with Gasteiger partial charge in [-0.05, 0) is 0 Å². The van der Waals surface area contributed by atoms with E-state index in [0.29, 0.717) is 0 Å². The molecule has 0 saturated heterocycles. The van der Waals surface area contributed by atoms with Gasteiger partial charge in [0.1, 0.15) is 0 Å². The second-order valence-corrected chi connectivity index (χ2v) is 0. The Kier molecular flexibility index (Phi) is 3920. The van der Waals surface area contributed by atoms with E-state index in [1.165, 1.54) is 0 Å². The minimum atomic E-state index is 0. The van der Waals surface area contributed by atoms with Gasteiger partial charge in [0.15, 0.2) is 0 Å². The Hall–Kier alpha value is 0.840. The molecule has 0 aliphatic carbocycles. The van der Waals surface area contributed by atoms with Crippen LogP contribution in [-0.4, -0.2) is 21.9 Å². The summed E-state index contributed by atoms with van der Waals surface area (Å²) in [5.41, 5.74) is 0. The number of rotatable bonds is 0. The van der Waals surface area contributed by atoms with E-state index in [2.05, 4.69) is 0 Å². The van der Waals surface area contributed by atoms with Crippen LogP contribution in [-0.2, 0) is 0 Å². The average Bonchev–Trinajstić information content (AvgIpc) is 0. The van der Waals surface area contributed by atoms with Crippen molar-refractivity contribution in [1.29, 1.82) is 0 Å². The van der Waals surface area contributed by atoms with Crippen molar-refractivity contribution < 1.29 is 52.9 Å². The molecule has 0 fully saturated rings. The van der Waals surface area contributed by atoms with Gasteiger partial charge in [0.05, 0.1) is 0 Å². The molecule has 0 atom stereocenters. The monoisotopic (exact) mass is 96.0 g/mol. The largest absolute Gasteiger partial charge is 1.00 e. The first-order chi connectivity index (χ1) is 0. The fourth-order valence-electron chi connectivity index (χ4n) is 0. The molecule has 0 bridgehead atoms. The molecule has 0 amide bonds. The molecule has 0 aliphatic rings. The third-order valence-corrected chi connectivity index (χ3v) is 0. The standard InChI is InChI=1S/Na.4H2O.H/h;4*1H2;/q+1;;;;;-1. The second kappa shape index (κ2) is 101. The molecule has 4 nitrogen and oxygen atoms in total. The molecule has 5 heteroatoms.